The maximum absolute atomic E-state index is 11.9. The molecule has 2 heterocycles. The molecule has 10 heteroatoms. The van der Waals surface area contributed by atoms with Crippen molar-refractivity contribution in [2.24, 2.45) is 4.99 Å². The van der Waals surface area contributed by atoms with Crippen molar-refractivity contribution in [1.82, 2.24) is 16.0 Å². The van der Waals surface area contributed by atoms with Gasteiger partial charge in [0.2, 0.25) is 5.91 Å². The maximum Gasteiger partial charge on any atom is 0.222 e. The summed E-state index contributed by atoms with van der Waals surface area (Å²) in [4.78, 5) is 16.5. The summed E-state index contributed by atoms with van der Waals surface area (Å²) in [7, 11) is -2.96. The average molecular weight is 504 g/mol. The zero-order valence-electron chi connectivity index (χ0n) is 14.6. The Kier molecular flexibility index (Phi) is 10.5. The normalized spacial score (nSPS) is 25.2. The van der Waals surface area contributed by atoms with Crippen molar-refractivity contribution >= 4 is 57.4 Å². The Bertz CT molecular complexity index is 551. The van der Waals surface area contributed by atoms with Gasteiger partial charge in [0.15, 0.2) is 15.8 Å². The van der Waals surface area contributed by atoms with Crippen LogP contribution in [-0.2, 0) is 14.6 Å². The number of thioether (sulfide) groups is 1. The number of sulfone groups is 1. The second-order valence-corrected chi connectivity index (χ2v) is 9.84. The molecule has 7 nitrogen and oxygen atoms in total. The fourth-order valence-electron chi connectivity index (χ4n) is 2.83. The molecule has 2 unspecified atom stereocenters. The van der Waals surface area contributed by atoms with Crippen LogP contribution in [-0.4, -0.2) is 68.5 Å². The summed E-state index contributed by atoms with van der Waals surface area (Å²) in [6.45, 7) is 4.06. The van der Waals surface area contributed by atoms with Gasteiger partial charge in [0.05, 0.1) is 18.1 Å². The summed E-state index contributed by atoms with van der Waals surface area (Å²) in [5.74, 6) is 2.08. The zero-order chi connectivity index (χ0) is 17.4. The number of carbonyl (C=O) groups is 1. The maximum atomic E-state index is 11.9. The van der Waals surface area contributed by atoms with E-state index >= 15 is 0 Å². The molecule has 25 heavy (non-hydrogen) atoms. The predicted molar refractivity (Wildman–Crippen MR) is 115 cm³/mol. The molecular formula is C15H29IN4O3S2. The van der Waals surface area contributed by atoms with Crippen LogP contribution in [0.25, 0.3) is 0 Å². The lowest BCUT2D eigenvalue weighted by molar-refractivity contribution is -0.121. The van der Waals surface area contributed by atoms with E-state index in [0.717, 1.165) is 19.0 Å². The van der Waals surface area contributed by atoms with E-state index in [0.29, 0.717) is 24.6 Å². The minimum atomic E-state index is -2.96. The van der Waals surface area contributed by atoms with Crippen LogP contribution in [0, 0.1) is 0 Å². The van der Waals surface area contributed by atoms with Crippen molar-refractivity contribution in [2.45, 2.75) is 43.9 Å². The molecule has 1 amide bonds. The first kappa shape index (κ1) is 22.8. The molecule has 0 spiro atoms. The number of aliphatic imine (C=N–C) groups is 1. The van der Waals surface area contributed by atoms with Gasteiger partial charge in [-0.15, -0.1) is 24.0 Å². The minimum absolute atomic E-state index is 0. The molecule has 0 aliphatic carbocycles. The third kappa shape index (κ3) is 8.80. The van der Waals surface area contributed by atoms with Gasteiger partial charge in [0, 0.05) is 30.8 Å². The van der Waals surface area contributed by atoms with Crippen LogP contribution in [0.4, 0.5) is 0 Å². The molecule has 0 aromatic carbocycles. The number of guanidine groups is 1. The van der Waals surface area contributed by atoms with Crippen LogP contribution in [0.5, 0.6) is 0 Å². The van der Waals surface area contributed by atoms with Gasteiger partial charge in [-0.25, -0.2) is 8.42 Å². The lowest BCUT2D eigenvalue weighted by atomic mass is 10.2. The fourth-order valence-corrected chi connectivity index (χ4v) is 5.68. The Balaban J connectivity index is 0.00000312. The summed E-state index contributed by atoms with van der Waals surface area (Å²) >= 11 is 1.97. The van der Waals surface area contributed by atoms with E-state index in [-0.39, 0.29) is 47.4 Å². The Morgan fingerprint density at radius 3 is 2.68 bits per heavy atom. The standard InChI is InChI=1S/C15H28N4O3S2.HI/c1-2-16-15(18-10-13-4-3-8-23-13)17-7-5-14(20)19-12-6-9-24(21,22)11-12;/h12-13H,2-11H2,1H3,(H,19,20)(H2,16,17,18);1H. The van der Waals surface area contributed by atoms with Crippen molar-refractivity contribution in [3.8, 4) is 0 Å². The van der Waals surface area contributed by atoms with Crippen molar-refractivity contribution in [3.63, 3.8) is 0 Å². The molecule has 3 N–H and O–H groups in total. The summed E-state index contributed by atoms with van der Waals surface area (Å²) in [6.07, 6.45) is 3.32. The quantitative estimate of drug-likeness (QED) is 0.269. The number of hydrogen-bond acceptors (Lipinski definition) is 5. The van der Waals surface area contributed by atoms with Crippen LogP contribution >= 0.6 is 35.7 Å². The number of nitrogens with one attached hydrogen (secondary N) is 3. The third-order valence-electron chi connectivity index (χ3n) is 4.06. The monoisotopic (exact) mass is 504 g/mol. The number of halogens is 1. The Hall–Kier alpha value is -0.230. The number of rotatable bonds is 7. The summed E-state index contributed by atoms with van der Waals surface area (Å²) in [5, 5.41) is 9.75. The van der Waals surface area contributed by atoms with Gasteiger partial charge in [-0.1, -0.05) is 0 Å². The van der Waals surface area contributed by atoms with Gasteiger partial charge in [-0.05, 0) is 31.9 Å². The molecule has 2 aliphatic heterocycles. The van der Waals surface area contributed by atoms with Crippen molar-refractivity contribution in [2.75, 3.05) is 36.9 Å². The second-order valence-electron chi connectivity index (χ2n) is 6.20. The summed E-state index contributed by atoms with van der Waals surface area (Å²) < 4.78 is 22.8. The predicted octanol–water partition coefficient (Wildman–Crippen LogP) is 0.749. The van der Waals surface area contributed by atoms with Gasteiger partial charge in [-0.3, -0.25) is 9.79 Å². The van der Waals surface area contributed by atoms with Gasteiger partial charge in [-0.2, -0.15) is 11.8 Å². The Morgan fingerprint density at radius 2 is 2.08 bits per heavy atom. The number of carbonyl (C=O) groups excluding carboxylic acids is 1. The molecule has 2 aliphatic rings. The molecule has 0 aromatic heterocycles. The van der Waals surface area contributed by atoms with E-state index in [9.17, 15) is 13.2 Å². The minimum Gasteiger partial charge on any atom is -0.357 e. The number of nitrogens with zero attached hydrogens (tertiary/aromatic N) is 1. The molecule has 2 rings (SSSR count). The van der Waals surface area contributed by atoms with Gasteiger partial charge >= 0.3 is 0 Å². The molecule has 146 valence electrons. The lowest BCUT2D eigenvalue weighted by Gasteiger charge is -2.14. The largest absolute Gasteiger partial charge is 0.357 e. The van der Waals surface area contributed by atoms with Crippen LogP contribution in [0.3, 0.4) is 0 Å². The highest BCUT2D eigenvalue weighted by Crippen LogP contribution is 2.25. The summed E-state index contributed by atoms with van der Waals surface area (Å²) in [6, 6.07) is -0.233. The highest BCUT2D eigenvalue weighted by Gasteiger charge is 2.28. The van der Waals surface area contributed by atoms with Gasteiger partial charge in [0.25, 0.3) is 0 Å². The molecule has 0 radical (unpaired) electrons. The Labute approximate surface area is 171 Å². The van der Waals surface area contributed by atoms with Crippen LogP contribution in [0.2, 0.25) is 0 Å². The Morgan fingerprint density at radius 1 is 1.28 bits per heavy atom. The highest BCUT2D eigenvalue weighted by atomic mass is 127. The van der Waals surface area contributed by atoms with Crippen LogP contribution in [0.1, 0.15) is 32.6 Å². The van der Waals surface area contributed by atoms with Gasteiger partial charge in [0.1, 0.15) is 0 Å². The number of amides is 1. The topological polar surface area (TPSA) is 99.7 Å². The highest BCUT2D eigenvalue weighted by molar-refractivity contribution is 14.0. The van der Waals surface area contributed by atoms with E-state index in [4.69, 9.17) is 0 Å². The van der Waals surface area contributed by atoms with Crippen molar-refractivity contribution in [1.29, 1.82) is 0 Å². The molecular weight excluding hydrogens is 475 g/mol. The van der Waals surface area contributed by atoms with E-state index in [1.807, 2.05) is 18.7 Å². The van der Waals surface area contributed by atoms with Crippen LogP contribution in [0.15, 0.2) is 4.99 Å². The molecule has 0 saturated carbocycles. The first-order chi connectivity index (χ1) is 11.5. The molecule has 2 fully saturated rings. The lowest BCUT2D eigenvalue weighted by Crippen LogP contribution is -2.41. The molecule has 2 saturated heterocycles. The fraction of sp³-hybridized carbons (Fsp3) is 0.867. The van der Waals surface area contributed by atoms with E-state index in [2.05, 4.69) is 20.9 Å². The van der Waals surface area contributed by atoms with Crippen molar-refractivity contribution in [3.05, 3.63) is 0 Å². The molecule has 0 aromatic rings. The average Bonchev–Trinajstić information content (AvgIpc) is 3.14. The molecule has 2 atom stereocenters. The van der Waals surface area contributed by atoms with E-state index in [1.54, 1.807) is 0 Å². The van der Waals surface area contributed by atoms with E-state index < -0.39 is 9.84 Å². The zero-order valence-corrected chi connectivity index (χ0v) is 18.6. The second kappa shape index (κ2) is 11.5. The SMILES string of the molecule is CCNC(=NCC1CCCS1)NCCC(=O)NC1CCS(=O)(=O)C1.I. The van der Waals surface area contributed by atoms with Crippen LogP contribution < -0.4 is 16.0 Å². The number of hydrogen-bond donors (Lipinski definition) is 3. The molecule has 0 bridgehead atoms. The van der Waals surface area contributed by atoms with Gasteiger partial charge < -0.3 is 16.0 Å². The third-order valence-corrected chi connectivity index (χ3v) is 7.21. The first-order valence-electron chi connectivity index (χ1n) is 8.62. The van der Waals surface area contributed by atoms with Crippen molar-refractivity contribution < 1.29 is 13.2 Å². The first-order valence-corrected chi connectivity index (χ1v) is 11.5. The smallest absolute Gasteiger partial charge is 0.222 e. The summed E-state index contributed by atoms with van der Waals surface area (Å²) in [5.41, 5.74) is 0. The van der Waals surface area contributed by atoms with E-state index in [1.165, 1.54) is 18.6 Å².